The highest BCUT2D eigenvalue weighted by molar-refractivity contribution is 5.40. The van der Waals surface area contributed by atoms with Crippen molar-refractivity contribution in [2.45, 2.75) is 45.1 Å². The van der Waals surface area contributed by atoms with Gasteiger partial charge in [-0.1, -0.05) is 74.5 Å². The molecule has 0 spiro atoms. The fraction of sp³-hybridized carbons (Fsp3) is 0.407. The van der Waals surface area contributed by atoms with Gasteiger partial charge in [0.2, 0.25) is 0 Å². The van der Waals surface area contributed by atoms with E-state index in [1.54, 1.807) is 0 Å². The van der Waals surface area contributed by atoms with Crippen LogP contribution in [0.15, 0.2) is 78.4 Å². The predicted octanol–water partition coefficient (Wildman–Crippen LogP) is 5.50. The lowest BCUT2D eigenvalue weighted by Gasteiger charge is -2.32. The molecule has 3 heteroatoms. The number of aliphatic hydroxyl groups is 1. The Morgan fingerprint density at radius 2 is 1.73 bits per heavy atom. The van der Waals surface area contributed by atoms with Crippen LogP contribution in [0.4, 0.5) is 0 Å². The molecule has 1 atom stereocenters. The first-order chi connectivity index (χ1) is 14.7. The second kappa shape index (κ2) is 11.1. The average molecular weight is 406 g/mol. The van der Waals surface area contributed by atoms with E-state index in [0.29, 0.717) is 13.0 Å². The van der Waals surface area contributed by atoms with Gasteiger partial charge in [0, 0.05) is 13.0 Å². The second-order valence-corrected chi connectivity index (χ2v) is 7.93. The minimum absolute atomic E-state index is 0.565. The van der Waals surface area contributed by atoms with Gasteiger partial charge in [0.1, 0.15) is 18.0 Å². The lowest BCUT2D eigenvalue weighted by molar-refractivity contribution is 0.0725. The van der Waals surface area contributed by atoms with Crippen LogP contribution in [0.2, 0.25) is 0 Å². The molecule has 1 N–H and O–H groups in total. The van der Waals surface area contributed by atoms with E-state index in [1.165, 1.54) is 0 Å². The SMILES string of the molecule is CCN(CC)CCOc1ccc(C(O)(Cc2ccccc2)C2=CC=CCCC2)cc1. The molecule has 1 aliphatic rings. The van der Waals surface area contributed by atoms with Gasteiger partial charge < -0.3 is 14.7 Å². The fourth-order valence-electron chi connectivity index (χ4n) is 4.07. The number of likely N-dealkylation sites (N-methyl/N-ethyl adjacent to an activating group) is 1. The van der Waals surface area contributed by atoms with Crippen LogP contribution in [0.5, 0.6) is 5.75 Å². The molecule has 3 nitrogen and oxygen atoms in total. The van der Waals surface area contributed by atoms with Crippen LogP contribution in [0.3, 0.4) is 0 Å². The number of hydrogen-bond acceptors (Lipinski definition) is 3. The lowest BCUT2D eigenvalue weighted by atomic mass is 9.79. The average Bonchev–Trinajstić information content (AvgIpc) is 3.08. The molecule has 2 aromatic rings. The largest absolute Gasteiger partial charge is 0.492 e. The zero-order valence-electron chi connectivity index (χ0n) is 18.4. The molecule has 0 heterocycles. The summed E-state index contributed by atoms with van der Waals surface area (Å²) < 4.78 is 5.94. The van der Waals surface area contributed by atoms with E-state index >= 15 is 0 Å². The van der Waals surface area contributed by atoms with Gasteiger partial charge >= 0.3 is 0 Å². The summed E-state index contributed by atoms with van der Waals surface area (Å²) in [6, 6.07) is 18.3. The molecule has 3 rings (SSSR count). The van der Waals surface area contributed by atoms with Crippen molar-refractivity contribution in [2.75, 3.05) is 26.2 Å². The van der Waals surface area contributed by atoms with Crippen molar-refractivity contribution in [2.24, 2.45) is 0 Å². The third-order valence-corrected chi connectivity index (χ3v) is 5.99. The van der Waals surface area contributed by atoms with Crippen molar-refractivity contribution < 1.29 is 9.84 Å². The van der Waals surface area contributed by atoms with Crippen LogP contribution in [-0.4, -0.2) is 36.2 Å². The van der Waals surface area contributed by atoms with Crippen molar-refractivity contribution in [3.05, 3.63) is 89.5 Å². The smallest absolute Gasteiger partial charge is 0.119 e. The van der Waals surface area contributed by atoms with Gasteiger partial charge in [0.25, 0.3) is 0 Å². The van der Waals surface area contributed by atoms with E-state index in [-0.39, 0.29) is 0 Å². The molecule has 0 fully saturated rings. The van der Waals surface area contributed by atoms with E-state index in [4.69, 9.17) is 4.74 Å². The minimum Gasteiger partial charge on any atom is -0.492 e. The molecule has 1 aliphatic carbocycles. The Bertz CT molecular complexity index is 822. The highest BCUT2D eigenvalue weighted by Gasteiger charge is 2.33. The maximum absolute atomic E-state index is 11.9. The first kappa shape index (κ1) is 22.3. The first-order valence-electron chi connectivity index (χ1n) is 11.2. The zero-order chi connectivity index (χ0) is 21.2. The Labute approximate surface area is 181 Å². The quantitative estimate of drug-likeness (QED) is 0.566. The van der Waals surface area contributed by atoms with Crippen molar-refractivity contribution in [1.82, 2.24) is 4.90 Å². The Morgan fingerprint density at radius 3 is 2.43 bits per heavy atom. The maximum atomic E-state index is 11.9. The van der Waals surface area contributed by atoms with E-state index in [1.807, 2.05) is 42.5 Å². The van der Waals surface area contributed by atoms with Gasteiger partial charge in [0.15, 0.2) is 0 Å². The van der Waals surface area contributed by atoms with E-state index in [2.05, 4.69) is 49.1 Å². The zero-order valence-corrected chi connectivity index (χ0v) is 18.4. The predicted molar refractivity (Wildman–Crippen MR) is 125 cm³/mol. The summed E-state index contributed by atoms with van der Waals surface area (Å²) in [7, 11) is 0. The third-order valence-electron chi connectivity index (χ3n) is 5.99. The molecule has 0 aliphatic heterocycles. The normalized spacial score (nSPS) is 16.1. The van der Waals surface area contributed by atoms with Gasteiger partial charge in [0.05, 0.1) is 0 Å². The maximum Gasteiger partial charge on any atom is 0.119 e. The Balaban J connectivity index is 1.79. The molecule has 1 unspecified atom stereocenters. The topological polar surface area (TPSA) is 32.7 Å². The molecule has 0 bridgehead atoms. The van der Waals surface area contributed by atoms with Crippen molar-refractivity contribution >= 4 is 0 Å². The van der Waals surface area contributed by atoms with Gasteiger partial charge in [-0.05, 0) is 61.2 Å². The van der Waals surface area contributed by atoms with Crippen LogP contribution in [0.25, 0.3) is 0 Å². The first-order valence-corrected chi connectivity index (χ1v) is 11.2. The number of nitrogens with zero attached hydrogens (tertiary/aromatic N) is 1. The Kier molecular flexibility index (Phi) is 8.30. The number of allylic oxidation sites excluding steroid dienone is 3. The number of hydrogen-bond donors (Lipinski definition) is 1. The molecule has 0 radical (unpaired) electrons. The number of benzene rings is 2. The Morgan fingerprint density at radius 1 is 1.00 bits per heavy atom. The molecular weight excluding hydrogens is 370 g/mol. The molecule has 30 heavy (non-hydrogen) atoms. The summed E-state index contributed by atoms with van der Waals surface area (Å²) in [6.45, 7) is 8.01. The summed E-state index contributed by atoms with van der Waals surface area (Å²) in [5.41, 5.74) is 2.11. The monoisotopic (exact) mass is 405 g/mol. The summed E-state index contributed by atoms with van der Waals surface area (Å²) >= 11 is 0. The van der Waals surface area contributed by atoms with E-state index in [0.717, 1.165) is 61.3 Å². The van der Waals surface area contributed by atoms with Crippen LogP contribution in [0, 0.1) is 0 Å². The van der Waals surface area contributed by atoms with Gasteiger partial charge in [-0.2, -0.15) is 0 Å². The molecule has 0 amide bonds. The molecule has 160 valence electrons. The van der Waals surface area contributed by atoms with Crippen molar-refractivity contribution in [3.8, 4) is 5.75 Å². The highest BCUT2D eigenvalue weighted by Crippen LogP contribution is 2.37. The molecular formula is C27H35NO2. The summed E-state index contributed by atoms with van der Waals surface area (Å²) in [5, 5.41) is 11.9. The molecule has 0 aromatic heterocycles. The molecule has 0 saturated carbocycles. The number of rotatable bonds is 10. The van der Waals surface area contributed by atoms with E-state index in [9.17, 15) is 5.11 Å². The number of ether oxygens (including phenoxy) is 1. The van der Waals surface area contributed by atoms with Crippen LogP contribution >= 0.6 is 0 Å². The Hall–Kier alpha value is -2.36. The van der Waals surface area contributed by atoms with E-state index < -0.39 is 5.60 Å². The lowest BCUT2D eigenvalue weighted by Crippen LogP contribution is -2.31. The van der Waals surface area contributed by atoms with Crippen LogP contribution < -0.4 is 4.74 Å². The van der Waals surface area contributed by atoms with Gasteiger partial charge in [-0.15, -0.1) is 0 Å². The van der Waals surface area contributed by atoms with Crippen LogP contribution in [-0.2, 0) is 12.0 Å². The van der Waals surface area contributed by atoms with Gasteiger partial charge in [-0.3, -0.25) is 0 Å². The minimum atomic E-state index is -1.02. The standard InChI is InChI=1S/C27H35NO2/c1-3-28(4-2)20-21-30-26-18-16-25(17-19-26)27(29,22-23-12-8-7-9-13-23)24-14-10-5-6-11-15-24/h5,7-10,12-14,16-19,29H,3-4,6,11,15,20-22H2,1-2H3. The van der Waals surface area contributed by atoms with Crippen molar-refractivity contribution in [3.63, 3.8) is 0 Å². The van der Waals surface area contributed by atoms with Crippen molar-refractivity contribution in [1.29, 1.82) is 0 Å². The summed E-state index contributed by atoms with van der Waals surface area (Å²) in [4.78, 5) is 2.35. The fourth-order valence-corrected chi connectivity index (χ4v) is 4.07. The summed E-state index contributed by atoms with van der Waals surface area (Å²) in [5.74, 6) is 0.850. The molecule has 2 aromatic carbocycles. The summed E-state index contributed by atoms with van der Waals surface area (Å²) in [6.07, 6.45) is 9.96. The molecule has 0 saturated heterocycles. The third kappa shape index (κ3) is 5.84. The highest BCUT2D eigenvalue weighted by atomic mass is 16.5. The second-order valence-electron chi connectivity index (χ2n) is 7.93. The van der Waals surface area contributed by atoms with Crippen LogP contribution in [0.1, 0.15) is 44.2 Å². The van der Waals surface area contributed by atoms with Gasteiger partial charge in [-0.25, -0.2) is 0 Å².